The molecule has 0 bridgehead atoms. The Morgan fingerprint density at radius 1 is 1.33 bits per heavy atom. The summed E-state index contributed by atoms with van der Waals surface area (Å²) in [5.74, 6) is -0.815. The molecule has 0 unspecified atom stereocenters. The molecule has 0 fully saturated rings. The van der Waals surface area contributed by atoms with Gasteiger partial charge >= 0.3 is 12.0 Å². The Bertz CT molecular complexity index is 354. The van der Waals surface area contributed by atoms with Gasteiger partial charge in [0.05, 0.1) is 7.11 Å². The summed E-state index contributed by atoms with van der Waals surface area (Å²) in [7, 11) is 1.51. The van der Waals surface area contributed by atoms with Crippen molar-refractivity contribution in [3.63, 3.8) is 0 Å². The molecule has 1 N–H and O–H groups in total. The molecule has 5 heteroatoms. The smallest absolute Gasteiger partial charge is 0.316 e. The number of aromatic nitrogens is 2. The first-order valence-electron chi connectivity index (χ1n) is 4.64. The van der Waals surface area contributed by atoms with E-state index in [1.165, 1.54) is 7.11 Å². The molecular weight excluding hydrogens is 196 g/mol. The molecule has 0 aliphatic rings. The minimum Gasteiger partial charge on any atom is -0.481 e. The second-order valence-corrected chi connectivity index (χ2v) is 3.25. The Hall–Kier alpha value is -1.65. The summed E-state index contributed by atoms with van der Waals surface area (Å²) < 4.78 is 4.92. The van der Waals surface area contributed by atoms with Crippen LogP contribution in [0.3, 0.4) is 0 Å². The van der Waals surface area contributed by atoms with E-state index < -0.39 is 5.97 Å². The molecule has 0 aromatic carbocycles. The lowest BCUT2D eigenvalue weighted by Gasteiger charge is -2.08. The molecular formula is C10H14N2O3. The molecule has 0 saturated heterocycles. The normalized spacial score (nSPS) is 10.1. The molecule has 0 saturated carbocycles. The van der Waals surface area contributed by atoms with Gasteiger partial charge < -0.3 is 9.84 Å². The molecule has 1 heterocycles. The van der Waals surface area contributed by atoms with E-state index in [-0.39, 0.29) is 6.42 Å². The maximum atomic E-state index is 10.5. The Morgan fingerprint density at radius 2 is 1.87 bits per heavy atom. The second-order valence-electron chi connectivity index (χ2n) is 3.25. The molecule has 1 rings (SSSR count). The van der Waals surface area contributed by atoms with Gasteiger partial charge in [-0.2, -0.15) is 0 Å². The topological polar surface area (TPSA) is 72.3 Å². The Balaban J connectivity index is 2.92. The van der Waals surface area contributed by atoms with E-state index in [0.717, 1.165) is 17.0 Å². The van der Waals surface area contributed by atoms with E-state index in [0.29, 0.717) is 12.4 Å². The van der Waals surface area contributed by atoms with Crippen LogP contribution >= 0.6 is 0 Å². The molecule has 0 radical (unpaired) electrons. The van der Waals surface area contributed by atoms with Gasteiger partial charge in [-0.25, -0.2) is 9.97 Å². The van der Waals surface area contributed by atoms with E-state index >= 15 is 0 Å². The third-order valence-corrected chi connectivity index (χ3v) is 2.17. The zero-order valence-electron chi connectivity index (χ0n) is 9.07. The summed E-state index contributed by atoms with van der Waals surface area (Å²) in [4.78, 5) is 18.7. The van der Waals surface area contributed by atoms with Gasteiger partial charge in [-0.1, -0.05) is 0 Å². The molecule has 0 amide bonds. The predicted molar refractivity (Wildman–Crippen MR) is 54.0 cm³/mol. The van der Waals surface area contributed by atoms with Crippen molar-refractivity contribution < 1.29 is 14.6 Å². The lowest BCUT2D eigenvalue weighted by Crippen LogP contribution is -2.05. The minimum atomic E-state index is -0.815. The van der Waals surface area contributed by atoms with Crippen LogP contribution in [0.1, 0.15) is 23.4 Å². The van der Waals surface area contributed by atoms with E-state index in [1.807, 2.05) is 13.8 Å². The highest BCUT2D eigenvalue weighted by Gasteiger charge is 2.10. The van der Waals surface area contributed by atoms with Crippen LogP contribution in [0, 0.1) is 13.8 Å². The molecule has 0 atom stereocenters. The first-order valence-corrected chi connectivity index (χ1v) is 4.64. The van der Waals surface area contributed by atoms with Gasteiger partial charge in [-0.15, -0.1) is 0 Å². The van der Waals surface area contributed by atoms with E-state index in [2.05, 4.69) is 9.97 Å². The van der Waals surface area contributed by atoms with E-state index in [1.54, 1.807) is 0 Å². The number of carbonyl (C=O) groups is 1. The van der Waals surface area contributed by atoms with Crippen LogP contribution in [-0.2, 0) is 11.2 Å². The summed E-state index contributed by atoms with van der Waals surface area (Å²) in [5, 5.41) is 8.59. The third kappa shape index (κ3) is 2.90. The number of hydrogen-bond acceptors (Lipinski definition) is 4. The van der Waals surface area contributed by atoms with Crippen LogP contribution in [-0.4, -0.2) is 28.2 Å². The van der Waals surface area contributed by atoms with Crippen molar-refractivity contribution in [2.75, 3.05) is 7.11 Å². The zero-order valence-corrected chi connectivity index (χ0v) is 9.07. The van der Waals surface area contributed by atoms with Gasteiger partial charge in [0.1, 0.15) is 0 Å². The quantitative estimate of drug-likeness (QED) is 0.806. The zero-order chi connectivity index (χ0) is 11.4. The monoisotopic (exact) mass is 210 g/mol. The van der Waals surface area contributed by atoms with Crippen molar-refractivity contribution in [3.05, 3.63) is 17.0 Å². The predicted octanol–water partition coefficient (Wildman–Crippen LogP) is 1.12. The molecule has 1 aromatic heterocycles. The highest BCUT2D eigenvalue weighted by Crippen LogP contribution is 2.15. The fraction of sp³-hybridized carbons (Fsp3) is 0.500. The number of ether oxygens (including phenoxy) is 1. The SMILES string of the molecule is COc1nc(C)c(CCC(=O)O)c(C)n1. The van der Waals surface area contributed by atoms with E-state index in [9.17, 15) is 4.79 Å². The summed E-state index contributed by atoms with van der Waals surface area (Å²) in [6.07, 6.45) is 0.550. The average Bonchev–Trinajstić information content (AvgIpc) is 2.15. The minimum absolute atomic E-state index is 0.0946. The molecule has 0 spiro atoms. The second kappa shape index (κ2) is 4.72. The number of rotatable bonds is 4. The fourth-order valence-electron chi connectivity index (χ4n) is 1.39. The maximum Gasteiger partial charge on any atom is 0.316 e. The Labute approximate surface area is 88.1 Å². The molecule has 15 heavy (non-hydrogen) atoms. The van der Waals surface area contributed by atoms with Gasteiger partial charge in [0.15, 0.2) is 0 Å². The number of aliphatic carboxylic acids is 1. The number of carboxylic acids is 1. The standard InChI is InChI=1S/C10H14N2O3/c1-6-8(4-5-9(13)14)7(2)12-10(11-6)15-3/h4-5H2,1-3H3,(H,13,14). The number of aryl methyl sites for hydroxylation is 2. The molecule has 82 valence electrons. The van der Waals surface area contributed by atoms with Crippen LogP contribution in [0.4, 0.5) is 0 Å². The molecule has 1 aromatic rings. The number of hydrogen-bond donors (Lipinski definition) is 1. The lowest BCUT2D eigenvalue weighted by atomic mass is 10.1. The molecule has 0 aliphatic heterocycles. The lowest BCUT2D eigenvalue weighted by molar-refractivity contribution is -0.136. The number of methoxy groups -OCH3 is 1. The maximum absolute atomic E-state index is 10.5. The van der Waals surface area contributed by atoms with Crippen molar-refractivity contribution in [1.29, 1.82) is 0 Å². The van der Waals surface area contributed by atoms with Crippen molar-refractivity contribution in [2.45, 2.75) is 26.7 Å². The van der Waals surface area contributed by atoms with Gasteiger partial charge in [0.2, 0.25) is 0 Å². The van der Waals surface area contributed by atoms with Crippen LogP contribution in [0.5, 0.6) is 6.01 Å². The van der Waals surface area contributed by atoms with Crippen LogP contribution in [0.15, 0.2) is 0 Å². The van der Waals surface area contributed by atoms with Gasteiger partial charge in [-0.05, 0) is 25.8 Å². The van der Waals surface area contributed by atoms with Crippen LogP contribution < -0.4 is 4.74 Å². The van der Waals surface area contributed by atoms with Gasteiger partial charge in [-0.3, -0.25) is 4.79 Å². The van der Waals surface area contributed by atoms with Crippen molar-refractivity contribution in [3.8, 4) is 6.01 Å². The Kier molecular flexibility index (Phi) is 3.60. The summed E-state index contributed by atoms with van der Waals surface area (Å²) in [6.45, 7) is 3.66. The summed E-state index contributed by atoms with van der Waals surface area (Å²) >= 11 is 0. The first-order chi connectivity index (χ1) is 7.04. The highest BCUT2D eigenvalue weighted by atomic mass is 16.5. The third-order valence-electron chi connectivity index (χ3n) is 2.17. The average molecular weight is 210 g/mol. The number of carboxylic acid groups (broad SMARTS) is 1. The molecule has 0 aliphatic carbocycles. The van der Waals surface area contributed by atoms with Crippen molar-refractivity contribution in [1.82, 2.24) is 9.97 Å². The van der Waals surface area contributed by atoms with Gasteiger partial charge in [0.25, 0.3) is 0 Å². The van der Waals surface area contributed by atoms with E-state index in [4.69, 9.17) is 9.84 Å². The fourth-order valence-corrected chi connectivity index (χ4v) is 1.39. The summed E-state index contributed by atoms with van der Waals surface area (Å²) in [5.41, 5.74) is 2.44. The summed E-state index contributed by atoms with van der Waals surface area (Å²) in [6, 6.07) is 0.323. The van der Waals surface area contributed by atoms with Crippen LogP contribution in [0.2, 0.25) is 0 Å². The highest BCUT2D eigenvalue weighted by molar-refractivity contribution is 5.67. The van der Waals surface area contributed by atoms with Crippen LogP contribution in [0.25, 0.3) is 0 Å². The van der Waals surface area contributed by atoms with Crippen molar-refractivity contribution in [2.24, 2.45) is 0 Å². The van der Waals surface area contributed by atoms with Gasteiger partial charge in [0, 0.05) is 17.8 Å². The largest absolute Gasteiger partial charge is 0.481 e. The van der Waals surface area contributed by atoms with Crippen molar-refractivity contribution >= 4 is 5.97 Å². The number of nitrogens with zero attached hydrogens (tertiary/aromatic N) is 2. The first kappa shape index (κ1) is 11.4. The Morgan fingerprint density at radius 3 is 2.27 bits per heavy atom. The molecule has 5 nitrogen and oxygen atoms in total.